The molecule has 6 heteroatoms. The minimum Gasteiger partial charge on any atom is -0.465 e. The average Bonchev–Trinajstić information content (AvgIpc) is 2.47. The predicted octanol–water partition coefficient (Wildman–Crippen LogP) is 2.02. The molecule has 0 atom stereocenters. The van der Waals surface area contributed by atoms with Gasteiger partial charge >= 0.3 is 12.0 Å². The summed E-state index contributed by atoms with van der Waals surface area (Å²) in [4.78, 5) is 27.6. The summed E-state index contributed by atoms with van der Waals surface area (Å²) in [5.41, 5.74) is 3.07. The third-order valence-corrected chi connectivity index (χ3v) is 3.79. The molecular formula is C17H25N3O3. The molecule has 1 aliphatic rings. The zero-order valence-corrected chi connectivity index (χ0v) is 14.1. The van der Waals surface area contributed by atoms with Gasteiger partial charge in [-0.25, -0.2) is 4.79 Å². The Kier molecular flexibility index (Phi) is 5.98. The number of ether oxygens (including phenoxy) is 1. The van der Waals surface area contributed by atoms with Crippen molar-refractivity contribution >= 4 is 17.7 Å². The first-order valence-corrected chi connectivity index (χ1v) is 8.00. The minimum absolute atomic E-state index is 0.0919. The molecule has 1 N–H and O–H groups in total. The van der Waals surface area contributed by atoms with Gasteiger partial charge in [-0.05, 0) is 44.0 Å². The van der Waals surface area contributed by atoms with E-state index in [-0.39, 0.29) is 12.0 Å². The van der Waals surface area contributed by atoms with Crippen LogP contribution in [0.4, 0.5) is 10.5 Å². The second-order valence-electron chi connectivity index (χ2n) is 5.87. The van der Waals surface area contributed by atoms with E-state index in [4.69, 9.17) is 4.74 Å². The van der Waals surface area contributed by atoms with E-state index in [9.17, 15) is 9.59 Å². The summed E-state index contributed by atoms with van der Waals surface area (Å²) < 4.78 is 4.95. The molecule has 1 aromatic carbocycles. The molecule has 2 rings (SSSR count). The van der Waals surface area contributed by atoms with Gasteiger partial charge in [-0.1, -0.05) is 6.07 Å². The maximum absolute atomic E-state index is 12.3. The normalized spacial score (nSPS) is 15.3. The van der Waals surface area contributed by atoms with Crippen LogP contribution in [0, 0.1) is 13.8 Å². The second-order valence-corrected chi connectivity index (χ2v) is 5.87. The Labute approximate surface area is 137 Å². The number of hydrogen-bond acceptors (Lipinski definition) is 4. The molecule has 0 saturated carbocycles. The third kappa shape index (κ3) is 5.25. The second kappa shape index (κ2) is 7.97. The van der Waals surface area contributed by atoms with Crippen molar-refractivity contribution in [3.05, 3.63) is 29.3 Å². The number of benzene rings is 1. The van der Waals surface area contributed by atoms with Crippen molar-refractivity contribution in [1.29, 1.82) is 0 Å². The van der Waals surface area contributed by atoms with Crippen LogP contribution in [0.3, 0.4) is 0 Å². The van der Waals surface area contributed by atoms with Crippen LogP contribution in [0.2, 0.25) is 0 Å². The molecule has 6 nitrogen and oxygen atoms in total. The number of nitrogens with zero attached hydrogens (tertiary/aromatic N) is 2. The average molecular weight is 319 g/mol. The highest BCUT2D eigenvalue weighted by Crippen LogP contribution is 2.15. The lowest BCUT2D eigenvalue weighted by Crippen LogP contribution is -2.51. The first-order valence-electron chi connectivity index (χ1n) is 8.00. The fourth-order valence-electron chi connectivity index (χ4n) is 2.75. The smallest absolute Gasteiger partial charge is 0.321 e. The van der Waals surface area contributed by atoms with Gasteiger partial charge < -0.3 is 15.0 Å². The molecule has 0 unspecified atom stereocenters. The highest BCUT2D eigenvalue weighted by atomic mass is 16.5. The van der Waals surface area contributed by atoms with E-state index >= 15 is 0 Å². The van der Waals surface area contributed by atoms with Crippen molar-refractivity contribution in [2.45, 2.75) is 20.8 Å². The van der Waals surface area contributed by atoms with Crippen LogP contribution >= 0.6 is 0 Å². The van der Waals surface area contributed by atoms with Crippen LogP contribution in [0.1, 0.15) is 18.1 Å². The van der Waals surface area contributed by atoms with Gasteiger partial charge in [0.25, 0.3) is 0 Å². The molecule has 1 fully saturated rings. The number of carbonyl (C=O) groups excluding carboxylic acids is 2. The number of carbonyl (C=O) groups is 2. The van der Waals surface area contributed by atoms with Crippen molar-refractivity contribution in [2.24, 2.45) is 0 Å². The van der Waals surface area contributed by atoms with E-state index in [1.54, 1.807) is 11.8 Å². The number of nitrogens with one attached hydrogen (secondary N) is 1. The number of hydrogen-bond donors (Lipinski definition) is 1. The summed E-state index contributed by atoms with van der Waals surface area (Å²) in [5, 5.41) is 2.95. The van der Waals surface area contributed by atoms with Crippen LogP contribution in [0.5, 0.6) is 0 Å². The Morgan fingerprint density at radius 3 is 2.26 bits per heavy atom. The van der Waals surface area contributed by atoms with Crippen molar-refractivity contribution in [2.75, 3.05) is 44.6 Å². The number of anilines is 1. The molecule has 1 heterocycles. The molecule has 0 spiro atoms. The van der Waals surface area contributed by atoms with Gasteiger partial charge in [0.05, 0.1) is 13.2 Å². The van der Waals surface area contributed by atoms with Crippen LogP contribution in [0.25, 0.3) is 0 Å². The maximum Gasteiger partial charge on any atom is 0.321 e. The Balaban J connectivity index is 1.82. The zero-order chi connectivity index (χ0) is 16.8. The van der Waals surface area contributed by atoms with E-state index < -0.39 is 0 Å². The number of amides is 2. The molecule has 1 aromatic rings. The summed E-state index contributed by atoms with van der Waals surface area (Å²) in [7, 11) is 0. The van der Waals surface area contributed by atoms with Gasteiger partial charge in [0, 0.05) is 31.9 Å². The molecule has 23 heavy (non-hydrogen) atoms. The third-order valence-electron chi connectivity index (χ3n) is 3.79. The molecule has 126 valence electrons. The molecule has 0 bridgehead atoms. The van der Waals surface area contributed by atoms with Gasteiger partial charge in [0.15, 0.2) is 0 Å². The van der Waals surface area contributed by atoms with Crippen LogP contribution in [0.15, 0.2) is 18.2 Å². The number of esters is 1. The molecule has 1 aliphatic heterocycles. The van der Waals surface area contributed by atoms with Crippen LogP contribution in [-0.4, -0.2) is 61.1 Å². The number of aryl methyl sites for hydroxylation is 2. The number of urea groups is 1. The van der Waals surface area contributed by atoms with Gasteiger partial charge in [-0.15, -0.1) is 0 Å². The lowest BCUT2D eigenvalue weighted by Gasteiger charge is -2.34. The first kappa shape index (κ1) is 17.3. The van der Waals surface area contributed by atoms with E-state index in [0.29, 0.717) is 39.3 Å². The van der Waals surface area contributed by atoms with Crippen LogP contribution < -0.4 is 5.32 Å². The summed E-state index contributed by atoms with van der Waals surface area (Å²) in [6, 6.07) is 5.90. The molecular weight excluding hydrogens is 294 g/mol. The molecule has 0 aliphatic carbocycles. The fraction of sp³-hybridized carbons (Fsp3) is 0.529. The summed E-state index contributed by atoms with van der Waals surface area (Å²) >= 11 is 0. The minimum atomic E-state index is -0.208. The van der Waals surface area contributed by atoms with E-state index in [1.165, 1.54) is 0 Å². The van der Waals surface area contributed by atoms with Crippen molar-refractivity contribution in [1.82, 2.24) is 9.80 Å². The maximum atomic E-state index is 12.3. The summed E-state index contributed by atoms with van der Waals surface area (Å²) in [5.74, 6) is -0.208. The highest BCUT2D eigenvalue weighted by Gasteiger charge is 2.22. The Bertz CT molecular complexity index is 546. The van der Waals surface area contributed by atoms with E-state index in [1.807, 2.05) is 30.9 Å². The molecule has 0 radical (unpaired) electrons. The molecule has 0 aromatic heterocycles. The summed E-state index contributed by atoms with van der Waals surface area (Å²) in [6.45, 7) is 9.09. The Morgan fingerprint density at radius 2 is 1.70 bits per heavy atom. The van der Waals surface area contributed by atoms with Gasteiger partial charge in [-0.2, -0.15) is 0 Å². The van der Waals surface area contributed by atoms with Crippen molar-refractivity contribution in [3.8, 4) is 0 Å². The predicted molar refractivity (Wildman–Crippen MR) is 89.6 cm³/mol. The Morgan fingerprint density at radius 1 is 1.09 bits per heavy atom. The van der Waals surface area contributed by atoms with Gasteiger partial charge in [0.1, 0.15) is 0 Å². The molecule has 1 saturated heterocycles. The van der Waals surface area contributed by atoms with E-state index in [0.717, 1.165) is 16.8 Å². The largest absolute Gasteiger partial charge is 0.465 e. The molecule has 2 amide bonds. The van der Waals surface area contributed by atoms with Crippen molar-refractivity contribution in [3.63, 3.8) is 0 Å². The number of piperazine rings is 1. The summed E-state index contributed by atoms with van der Waals surface area (Å²) in [6.07, 6.45) is 0. The monoisotopic (exact) mass is 319 g/mol. The van der Waals surface area contributed by atoms with Gasteiger partial charge in [0.2, 0.25) is 0 Å². The standard InChI is InChI=1S/C17H25N3O3/c1-4-23-16(21)12-19-5-7-20(8-6-19)17(22)18-15-10-13(2)9-14(3)11-15/h9-11H,4-8,12H2,1-3H3,(H,18,22). The Hall–Kier alpha value is -2.08. The van der Waals surface area contributed by atoms with Crippen molar-refractivity contribution < 1.29 is 14.3 Å². The van der Waals surface area contributed by atoms with Gasteiger partial charge in [-0.3, -0.25) is 9.69 Å². The lowest BCUT2D eigenvalue weighted by atomic mass is 10.1. The first-order chi connectivity index (χ1) is 11.0. The quantitative estimate of drug-likeness (QED) is 0.863. The van der Waals surface area contributed by atoms with E-state index in [2.05, 4.69) is 11.4 Å². The fourth-order valence-corrected chi connectivity index (χ4v) is 2.75. The van der Waals surface area contributed by atoms with Crippen LogP contribution in [-0.2, 0) is 9.53 Å². The zero-order valence-electron chi connectivity index (χ0n) is 14.1. The SMILES string of the molecule is CCOC(=O)CN1CCN(C(=O)Nc2cc(C)cc(C)c2)CC1. The highest BCUT2D eigenvalue weighted by molar-refractivity contribution is 5.89. The topological polar surface area (TPSA) is 61.9 Å². The lowest BCUT2D eigenvalue weighted by molar-refractivity contribution is -0.144. The number of rotatable bonds is 4.